The number of nitrogens with one attached hydrogen (secondary N) is 1. The number of carbonyl (C=O) groups excluding carboxylic acids is 1. The van der Waals surface area contributed by atoms with Crippen LogP contribution in [-0.4, -0.2) is 52.0 Å². The first-order valence-corrected chi connectivity index (χ1v) is 12.0. The number of hydrogen-bond acceptors (Lipinski definition) is 5. The van der Waals surface area contributed by atoms with E-state index in [4.69, 9.17) is 9.47 Å². The Kier molecular flexibility index (Phi) is 8.06. The van der Waals surface area contributed by atoms with Gasteiger partial charge in [0, 0.05) is 19.5 Å². The second-order valence-corrected chi connectivity index (χ2v) is 9.37. The third-order valence-corrected chi connectivity index (χ3v) is 7.32. The first kappa shape index (κ1) is 23.2. The Balaban J connectivity index is 1.70. The summed E-state index contributed by atoms with van der Waals surface area (Å²) in [5.41, 5.74) is 1.76. The monoisotopic (exact) mass is 446 g/mol. The molecule has 31 heavy (non-hydrogen) atoms. The smallest absolute Gasteiger partial charge is 0.243 e. The Morgan fingerprint density at radius 3 is 2.52 bits per heavy atom. The average Bonchev–Trinajstić information content (AvgIpc) is 2.82. The van der Waals surface area contributed by atoms with Gasteiger partial charge in [-0.1, -0.05) is 37.3 Å². The van der Waals surface area contributed by atoms with E-state index in [0.29, 0.717) is 44.0 Å². The van der Waals surface area contributed by atoms with Crippen LogP contribution < -0.4 is 10.1 Å². The van der Waals surface area contributed by atoms with Crippen molar-refractivity contribution >= 4 is 15.9 Å². The summed E-state index contributed by atoms with van der Waals surface area (Å²) in [6.45, 7) is 3.49. The van der Waals surface area contributed by atoms with Crippen LogP contribution in [-0.2, 0) is 26.0 Å². The number of hydrogen-bond donors (Lipinski definition) is 1. The van der Waals surface area contributed by atoms with Crippen LogP contribution >= 0.6 is 0 Å². The van der Waals surface area contributed by atoms with Crippen LogP contribution in [0.4, 0.5) is 0 Å². The molecule has 0 saturated carbocycles. The molecular weight excluding hydrogens is 416 g/mol. The summed E-state index contributed by atoms with van der Waals surface area (Å²) in [6.07, 6.45) is 1.40. The quantitative estimate of drug-likeness (QED) is 0.640. The van der Waals surface area contributed by atoms with Crippen LogP contribution in [0, 0.1) is 0 Å². The van der Waals surface area contributed by atoms with Crippen molar-refractivity contribution in [1.82, 2.24) is 9.62 Å². The van der Waals surface area contributed by atoms with Gasteiger partial charge in [0.1, 0.15) is 5.75 Å². The molecule has 3 rings (SSSR count). The molecule has 0 aromatic heterocycles. The molecule has 1 aliphatic heterocycles. The van der Waals surface area contributed by atoms with Crippen molar-refractivity contribution in [3.63, 3.8) is 0 Å². The lowest BCUT2D eigenvalue weighted by molar-refractivity contribution is -0.121. The zero-order chi connectivity index (χ0) is 22.3. The minimum Gasteiger partial charge on any atom is -0.496 e. The van der Waals surface area contributed by atoms with Gasteiger partial charge in [-0.3, -0.25) is 4.79 Å². The number of aryl methyl sites for hydroxylation is 1. The fourth-order valence-corrected chi connectivity index (χ4v) is 5.13. The molecule has 0 radical (unpaired) electrons. The normalized spacial score (nSPS) is 15.9. The molecule has 1 amide bonds. The lowest BCUT2D eigenvalue weighted by Crippen LogP contribution is -2.40. The Morgan fingerprint density at radius 2 is 1.87 bits per heavy atom. The Hall–Kier alpha value is -2.42. The Labute approximate surface area is 184 Å². The predicted molar refractivity (Wildman–Crippen MR) is 119 cm³/mol. The molecule has 7 nitrogen and oxygen atoms in total. The van der Waals surface area contributed by atoms with Crippen LogP contribution in [0.3, 0.4) is 0 Å². The van der Waals surface area contributed by atoms with Gasteiger partial charge in [0.2, 0.25) is 15.9 Å². The fourth-order valence-electron chi connectivity index (χ4n) is 3.67. The van der Waals surface area contributed by atoms with Gasteiger partial charge in [0.15, 0.2) is 0 Å². The molecule has 2 aromatic rings. The molecule has 0 unspecified atom stereocenters. The van der Waals surface area contributed by atoms with Crippen molar-refractivity contribution in [2.75, 3.05) is 33.4 Å². The van der Waals surface area contributed by atoms with E-state index in [1.54, 1.807) is 18.2 Å². The van der Waals surface area contributed by atoms with Gasteiger partial charge in [-0.15, -0.1) is 0 Å². The third-order valence-electron chi connectivity index (χ3n) is 5.43. The number of benzene rings is 2. The highest BCUT2D eigenvalue weighted by atomic mass is 32.2. The van der Waals surface area contributed by atoms with Crippen LogP contribution in [0.2, 0.25) is 0 Å². The first-order valence-electron chi connectivity index (χ1n) is 10.5. The highest BCUT2D eigenvalue weighted by molar-refractivity contribution is 7.89. The van der Waals surface area contributed by atoms with E-state index in [1.807, 2.05) is 37.3 Å². The Morgan fingerprint density at radius 1 is 1.16 bits per heavy atom. The molecule has 1 aliphatic rings. The highest BCUT2D eigenvalue weighted by Crippen LogP contribution is 2.26. The summed E-state index contributed by atoms with van der Waals surface area (Å²) in [5, 5.41) is 3.07. The summed E-state index contributed by atoms with van der Waals surface area (Å²) in [7, 11) is -2.07. The second-order valence-electron chi connectivity index (χ2n) is 7.43. The third kappa shape index (κ3) is 5.84. The molecule has 2 aromatic carbocycles. The van der Waals surface area contributed by atoms with Crippen molar-refractivity contribution < 1.29 is 22.7 Å². The molecule has 1 saturated heterocycles. The minimum absolute atomic E-state index is 0.0522. The maximum atomic E-state index is 13.0. The molecular formula is C23H30N2O5S. The molecule has 1 N–H and O–H groups in total. The predicted octanol–water partition coefficient (Wildman–Crippen LogP) is 2.92. The van der Waals surface area contributed by atoms with Crippen molar-refractivity contribution in [3.05, 3.63) is 59.7 Å². The number of carbonyl (C=O) groups is 1. The number of amides is 1. The number of nitrogens with zero attached hydrogens (tertiary/aromatic N) is 1. The molecule has 1 atom stereocenters. The van der Waals surface area contributed by atoms with Crippen molar-refractivity contribution in [2.45, 2.75) is 37.1 Å². The molecule has 8 heteroatoms. The maximum absolute atomic E-state index is 13.0. The first-order chi connectivity index (χ1) is 15.0. The number of rotatable bonds is 9. The molecule has 0 bridgehead atoms. The SMILES string of the molecule is CC[C@H](NC(=O)CCc1cc(S(=O)(=O)N2CCOCC2)ccc1OC)c1ccccc1. The lowest BCUT2D eigenvalue weighted by atomic mass is 10.0. The standard InChI is InChI=1S/C23H30N2O5S/c1-3-21(18-7-5-4-6-8-18)24-23(26)12-9-19-17-20(10-11-22(19)29-2)31(27,28)25-13-15-30-16-14-25/h4-8,10-11,17,21H,3,9,12-16H2,1-2H3,(H,24,26)/t21-/m0/s1. The van der Waals surface area contributed by atoms with Crippen molar-refractivity contribution in [2.24, 2.45) is 0 Å². The molecule has 1 heterocycles. The van der Waals surface area contributed by atoms with Gasteiger partial charge in [-0.25, -0.2) is 8.42 Å². The number of sulfonamides is 1. The van der Waals surface area contributed by atoms with Crippen LogP contribution in [0.1, 0.15) is 36.9 Å². The van der Waals surface area contributed by atoms with E-state index in [9.17, 15) is 13.2 Å². The van der Waals surface area contributed by atoms with Gasteiger partial charge in [-0.2, -0.15) is 4.31 Å². The lowest BCUT2D eigenvalue weighted by Gasteiger charge is -2.26. The van der Waals surface area contributed by atoms with Gasteiger partial charge in [0.25, 0.3) is 0 Å². The van der Waals surface area contributed by atoms with Crippen LogP contribution in [0.15, 0.2) is 53.4 Å². The summed E-state index contributed by atoms with van der Waals surface area (Å²) in [6, 6.07) is 14.6. The van der Waals surface area contributed by atoms with Gasteiger partial charge < -0.3 is 14.8 Å². The van der Waals surface area contributed by atoms with E-state index in [1.165, 1.54) is 11.4 Å². The molecule has 0 aliphatic carbocycles. The minimum atomic E-state index is -3.61. The average molecular weight is 447 g/mol. The van der Waals surface area contributed by atoms with Gasteiger partial charge >= 0.3 is 0 Å². The summed E-state index contributed by atoms with van der Waals surface area (Å²) in [4.78, 5) is 12.8. The van der Waals surface area contributed by atoms with E-state index in [0.717, 1.165) is 12.0 Å². The summed E-state index contributed by atoms with van der Waals surface area (Å²) >= 11 is 0. The van der Waals surface area contributed by atoms with Crippen molar-refractivity contribution in [1.29, 1.82) is 0 Å². The number of ether oxygens (including phenoxy) is 2. The summed E-state index contributed by atoms with van der Waals surface area (Å²) in [5.74, 6) is 0.489. The molecule has 0 spiro atoms. The van der Waals surface area contributed by atoms with Crippen LogP contribution in [0.25, 0.3) is 0 Å². The maximum Gasteiger partial charge on any atom is 0.243 e. The second kappa shape index (κ2) is 10.7. The topological polar surface area (TPSA) is 84.9 Å². The van der Waals surface area contributed by atoms with Gasteiger partial charge in [0.05, 0.1) is 31.3 Å². The van der Waals surface area contributed by atoms with E-state index >= 15 is 0 Å². The largest absolute Gasteiger partial charge is 0.496 e. The Bertz CT molecular complexity index is 973. The van der Waals surface area contributed by atoms with E-state index in [2.05, 4.69) is 5.32 Å². The zero-order valence-corrected chi connectivity index (χ0v) is 18.9. The number of morpholine rings is 1. The molecule has 1 fully saturated rings. The fraction of sp³-hybridized carbons (Fsp3) is 0.435. The summed E-state index contributed by atoms with van der Waals surface area (Å²) < 4.78 is 38.0. The van der Waals surface area contributed by atoms with Crippen LogP contribution in [0.5, 0.6) is 5.75 Å². The van der Waals surface area contributed by atoms with Gasteiger partial charge in [-0.05, 0) is 42.2 Å². The van der Waals surface area contributed by atoms with E-state index in [-0.39, 0.29) is 23.3 Å². The molecule has 168 valence electrons. The van der Waals surface area contributed by atoms with Crippen molar-refractivity contribution in [3.8, 4) is 5.75 Å². The highest BCUT2D eigenvalue weighted by Gasteiger charge is 2.27. The zero-order valence-electron chi connectivity index (χ0n) is 18.0. The number of methoxy groups -OCH3 is 1. The van der Waals surface area contributed by atoms with E-state index < -0.39 is 10.0 Å².